The summed E-state index contributed by atoms with van der Waals surface area (Å²) < 4.78 is 4.96. The zero-order valence-electron chi connectivity index (χ0n) is 10.2. The Labute approximate surface area is 96.8 Å². The molecule has 0 atom stereocenters. The molecule has 0 aromatic carbocycles. The Kier molecular flexibility index (Phi) is 7.93. The van der Waals surface area contributed by atoms with E-state index in [0.717, 1.165) is 12.8 Å². The van der Waals surface area contributed by atoms with E-state index in [1.807, 2.05) is 13.8 Å². The van der Waals surface area contributed by atoms with Crippen LogP contribution in [0.2, 0.25) is 0 Å². The fourth-order valence-electron chi connectivity index (χ4n) is 1.10. The Morgan fingerprint density at radius 3 is 2.38 bits per heavy atom. The molecule has 5 heteroatoms. The van der Waals surface area contributed by atoms with Gasteiger partial charge in [-0.25, -0.2) is 4.79 Å². The second-order valence-corrected chi connectivity index (χ2v) is 4.03. The lowest BCUT2D eigenvalue weighted by atomic mass is 9.88. The number of hydrogen-bond donors (Lipinski definition) is 3. The topological polar surface area (TPSA) is 78.8 Å². The highest BCUT2D eigenvalue weighted by atomic mass is 16.5. The smallest absolute Gasteiger partial charge is 0.407 e. The molecule has 0 aliphatic carbocycles. The predicted octanol–water partition coefficient (Wildman–Crippen LogP) is 0.894. The molecule has 0 aromatic heterocycles. The van der Waals surface area contributed by atoms with Gasteiger partial charge in [0.05, 0.1) is 18.6 Å². The number of alkyl carbamates (subject to hydrolysis) is 1. The molecular formula is C11H23NO4. The molecule has 0 heterocycles. The summed E-state index contributed by atoms with van der Waals surface area (Å²) in [7, 11) is 0. The highest BCUT2D eigenvalue weighted by Crippen LogP contribution is 2.20. The van der Waals surface area contributed by atoms with Gasteiger partial charge < -0.3 is 20.3 Å². The minimum absolute atomic E-state index is 0.0362. The largest absolute Gasteiger partial charge is 0.449 e. The maximum absolute atomic E-state index is 11.2. The van der Waals surface area contributed by atoms with E-state index in [1.165, 1.54) is 0 Å². The molecule has 0 rings (SSSR count). The van der Waals surface area contributed by atoms with Crippen molar-refractivity contribution in [3.05, 3.63) is 0 Å². The minimum Gasteiger partial charge on any atom is -0.449 e. The van der Waals surface area contributed by atoms with Gasteiger partial charge in [0, 0.05) is 6.54 Å². The van der Waals surface area contributed by atoms with Crippen molar-refractivity contribution in [1.29, 1.82) is 0 Å². The number of nitrogens with one attached hydrogen (secondary N) is 1. The van der Waals surface area contributed by atoms with Crippen LogP contribution in [0.3, 0.4) is 0 Å². The first-order chi connectivity index (χ1) is 7.64. The third kappa shape index (κ3) is 5.32. The van der Waals surface area contributed by atoms with Crippen molar-refractivity contribution in [2.24, 2.45) is 5.41 Å². The van der Waals surface area contributed by atoms with Crippen LogP contribution in [-0.2, 0) is 4.74 Å². The molecule has 3 N–H and O–H groups in total. The van der Waals surface area contributed by atoms with E-state index in [2.05, 4.69) is 5.32 Å². The van der Waals surface area contributed by atoms with Crippen molar-refractivity contribution < 1.29 is 19.7 Å². The number of hydrogen-bond acceptors (Lipinski definition) is 4. The first-order valence-corrected chi connectivity index (χ1v) is 5.76. The van der Waals surface area contributed by atoms with Crippen LogP contribution >= 0.6 is 0 Å². The Bertz CT molecular complexity index is 184. The van der Waals surface area contributed by atoms with E-state index in [9.17, 15) is 4.79 Å². The standard InChI is InChI=1S/C11H23NO4/c1-3-5-6-12-10(15)16-9-11(4-2,7-13)8-14/h13-14H,3-9H2,1-2H3,(H,12,15). The van der Waals surface area contributed by atoms with Gasteiger partial charge in [-0.15, -0.1) is 0 Å². The molecule has 0 aliphatic rings. The highest BCUT2D eigenvalue weighted by Gasteiger charge is 2.28. The van der Waals surface area contributed by atoms with Crippen LogP contribution in [0.1, 0.15) is 33.1 Å². The summed E-state index contributed by atoms with van der Waals surface area (Å²) in [6.45, 7) is 4.11. The number of rotatable bonds is 8. The second kappa shape index (κ2) is 8.35. The van der Waals surface area contributed by atoms with Gasteiger partial charge >= 0.3 is 6.09 Å². The van der Waals surface area contributed by atoms with Crippen LogP contribution in [0, 0.1) is 5.41 Å². The molecule has 0 aromatic rings. The highest BCUT2D eigenvalue weighted by molar-refractivity contribution is 5.67. The third-order valence-corrected chi connectivity index (χ3v) is 2.73. The lowest BCUT2D eigenvalue weighted by molar-refractivity contribution is -0.00513. The normalized spacial score (nSPS) is 11.2. The van der Waals surface area contributed by atoms with Gasteiger partial charge in [0.2, 0.25) is 0 Å². The average Bonchev–Trinajstić information content (AvgIpc) is 2.32. The molecule has 0 bridgehead atoms. The van der Waals surface area contributed by atoms with E-state index >= 15 is 0 Å². The molecular weight excluding hydrogens is 210 g/mol. The third-order valence-electron chi connectivity index (χ3n) is 2.73. The van der Waals surface area contributed by atoms with Crippen molar-refractivity contribution in [2.45, 2.75) is 33.1 Å². The summed E-state index contributed by atoms with van der Waals surface area (Å²) in [6.07, 6.45) is 1.98. The minimum atomic E-state index is -0.720. The predicted molar refractivity (Wildman–Crippen MR) is 61.2 cm³/mol. The molecule has 0 fully saturated rings. The van der Waals surface area contributed by atoms with Gasteiger partial charge in [0.15, 0.2) is 0 Å². The Balaban J connectivity index is 3.87. The lowest BCUT2D eigenvalue weighted by Crippen LogP contribution is -2.37. The van der Waals surface area contributed by atoms with Gasteiger partial charge in [-0.1, -0.05) is 20.3 Å². The summed E-state index contributed by atoms with van der Waals surface area (Å²) in [5, 5.41) is 20.9. The second-order valence-electron chi connectivity index (χ2n) is 4.03. The number of ether oxygens (including phenoxy) is 1. The van der Waals surface area contributed by atoms with Crippen LogP contribution in [0.4, 0.5) is 4.79 Å². The van der Waals surface area contributed by atoms with Gasteiger partial charge in [-0.05, 0) is 12.8 Å². The Morgan fingerprint density at radius 2 is 1.94 bits per heavy atom. The van der Waals surface area contributed by atoms with Crippen molar-refractivity contribution in [3.63, 3.8) is 0 Å². The molecule has 0 radical (unpaired) electrons. The van der Waals surface area contributed by atoms with E-state index < -0.39 is 11.5 Å². The number of unbranched alkanes of at least 4 members (excludes halogenated alkanes) is 1. The summed E-state index contributed by atoms with van der Waals surface area (Å²) in [5.41, 5.74) is -0.720. The zero-order chi connectivity index (χ0) is 12.4. The van der Waals surface area contributed by atoms with E-state index in [4.69, 9.17) is 14.9 Å². The molecule has 5 nitrogen and oxygen atoms in total. The van der Waals surface area contributed by atoms with E-state index in [-0.39, 0.29) is 19.8 Å². The maximum Gasteiger partial charge on any atom is 0.407 e. The molecule has 0 saturated heterocycles. The fraction of sp³-hybridized carbons (Fsp3) is 0.909. The molecule has 0 saturated carbocycles. The SMILES string of the molecule is CCCCNC(=O)OCC(CC)(CO)CO. The van der Waals surface area contributed by atoms with Crippen LogP contribution in [0.15, 0.2) is 0 Å². The fourth-order valence-corrected chi connectivity index (χ4v) is 1.10. The summed E-state index contributed by atoms with van der Waals surface area (Å²) >= 11 is 0. The molecule has 96 valence electrons. The maximum atomic E-state index is 11.2. The van der Waals surface area contributed by atoms with Crippen LogP contribution in [-0.4, -0.2) is 42.7 Å². The quantitative estimate of drug-likeness (QED) is 0.544. The van der Waals surface area contributed by atoms with Crippen LogP contribution in [0.5, 0.6) is 0 Å². The Morgan fingerprint density at radius 1 is 1.31 bits per heavy atom. The molecule has 16 heavy (non-hydrogen) atoms. The summed E-state index contributed by atoms with van der Waals surface area (Å²) in [6, 6.07) is 0. The van der Waals surface area contributed by atoms with Crippen molar-refractivity contribution in [2.75, 3.05) is 26.4 Å². The van der Waals surface area contributed by atoms with Crippen molar-refractivity contribution in [3.8, 4) is 0 Å². The van der Waals surface area contributed by atoms with Crippen LogP contribution in [0.25, 0.3) is 0 Å². The summed E-state index contributed by atoms with van der Waals surface area (Å²) in [5.74, 6) is 0. The zero-order valence-corrected chi connectivity index (χ0v) is 10.2. The number of aliphatic hydroxyl groups excluding tert-OH is 2. The number of carbonyl (C=O) groups excluding carboxylic acids is 1. The molecule has 0 aliphatic heterocycles. The molecule has 1 amide bonds. The van der Waals surface area contributed by atoms with E-state index in [0.29, 0.717) is 13.0 Å². The van der Waals surface area contributed by atoms with Gasteiger partial charge in [0.1, 0.15) is 6.61 Å². The summed E-state index contributed by atoms with van der Waals surface area (Å²) in [4.78, 5) is 11.2. The van der Waals surface area contributed by atoms with Crippen LogP contribution < -0.4 is 5.32 Å². The van der Waals surface area contributed by atoms with Crippen molar-refractivity contribution >= 4 is 6.09 Å². The average molecular weight is 233 g/mol. The number of aliphatic hydroxyl groups is 2. The van der Waals surface area contributed by atoms with Gasteiger partial charge in [-0.3, -0.25) is 0 Å². The van der Waals surface area contributed by atoms with Gasteiger partial charge in [-0.2, -0.15) is 0 Å². The first-order valence-electron chi connectivity index (χ1n) is 5.76. The molecule has 0 unspecified atom stereocenters. The number of carbonyl (C=O) groups is 1. The van der Waals surface area contributed by atoms with E-state index in [1.54, 1.807) is 0 Å². The first kappa shape index (κ1) is 15.2. The van der Waals surface area contributed by atoms with Crippen molar-refractivity contribution in [1.82, 2.24) is 5.32 Å². The Hall–Kier alpha value is -0.810. The monoisotopic (exact) mass is 233 g/mol. The molecule has 0 spiro atoms. The lowest BCUT2D eigenvalue weighted by Gasteiger charge is -2.27. The van der Waals surface area contributed by atoms with Gasteiger partial charge in [0.25, 0.3) is 0 Å². The number of amides is 1.